The number of halogens is 1. The van der Waals surface area contributed by atoms with Gasteiger partial charge in [0.25, 0.3) is 6.01 Å². The van der Waals surface area contributed by atoms with Gasteiger partial charge in [-0.05, 0) is 36.8 Å². The molecule has 0 spiro atoms. The number of hydrogen-bond donors (Lipinski definition) is 1. The highest BCUT2D eigenvalue weighted by atomic mass is 35.5. The lowest BCUT2D eigenvalue weighted by Gasteiger charge is -2.25. The van der Waals surface area contributed by atoms with Crippen LogP contribution in [0.4, 0.5) is 6.01 Å². The summed E-state index contributed by atoms with van der Waals surface area (Å²) in [5.74, 6) is 0.0909. The fourth-order valence-corrected chi connectivity index (χ4v) is 3.84. The second-order valence-electron chi connectivity index (χ2n) is 6.80. The van der Waals surface area contributed by atoms with Crippen molar-refractivity contribution in [3.8, 4) is 17.0 Å². The van der Waals surface area contributed by atoms with Crippen LogP contribution in [-0.4, -0.2) is 31.6 Å². The minimum Gasteiger partial charge on any atom is -0.507 e. The Morgan fingerprint density at radius 2 is 2.11 bits per heavy atom. The molecule has 0 radical (unpaired) electrons. The largest absolute Gasteiger partial charge is 0.507 e. The molecule has 1 aromatic carbocycles. The van der Waals surface area contributed by atoms with Crippen molar-refractivity contribution in [1.29, 1.82) is 0 Å². The summed E-state index contributed by atoms with van der Waals surface area (Å²) in [5, 5.41) is 10.8. The van der Waals surface area contributed by atoms with Gasteiger partial charge in [-0.1, -0.05) is 11.6 Å². The lowest BCUT2D eigenvalue weighted by atomic mass is 10.0. The minimum absolute atomic E-state index is 0.0909. The molecule has 0 amide bonds. The maximum Gasteiger partial charge on any atom is 0.300 e. The number of anilines is 1. The van der Waals surface area contributed by atoms with Gasteiger partial charge in [0.15, 0.2) is 5.58 Å². The van der Waals surface area contributed by atoms with Gasteiger partial charge < -0.3 is 14.4 Å². The first-order valence-electron chi connectivity index (χ1n) is 8.88. The Bertz CT molecular complexity index is 1180. The average Bonchev–Trinajstić information content (AvgIpc) is 3.10. The van der Waals surface area contributed by atoms with E-state index < -0.39 is 0 Å². The first-order chi connectivity index (χ1) is 13.6. The molecule has 0 saturated heterocycles. The van der Waals surface area contributed by atoms with Gasteiger partial charge in [-0.3, -0.25) is 0 Å². The normalized spacial score (nSPS) is 13.7. The Hall–Kier alpha value is -3.19. The number of phenols is 1. The molecular weight excluding hydrogens is 378 g/mol. The monoisotopic (exact) mass is 393 g/mol. The molecule has 1 aliphatic heterocycles. The number of aryl methyl sites for hydroxylation is 1. The number of oxazole rings is 1. The van der Waals surface area contributed by atoms with E-state index in [-0.39, 0.29) is 5.75 Å². The topological polar surface area (TPSA) is 88.2 Å². The van der Waals surface area contributed by atoms with Crippen molar-refractivity contribution in [2.75, 3.05) is 11.4 Å². The molecule has 0 fully saturated rings. The van der Waals surface area contributed by atoms with E-state index in [9.17, 15) is 5.11 Å². The number of aromatic hydroxyl groups is 1. The van der Waals surface area contributed by atoms with Crippen molar-refractivity contribution >= 4 is 28.8 Å². The van der Waals surface area contributed by atoms with E-state index in [1.807, 2.05) is 25.3 Å². The van der Waals surface area contributed by atoms with E-state index in [1.165, 1.54) is 6.07 Å². The number of phenolic OH excluding ortho intramolecular Hbond substituents is 1. The summed E-state index contributed by atoms with van der Waals surface area (Å²) in [5.41, 5.74) is 5.34. The number of nitrogens with zero attached hydrogens (tertiary/aromatic N) is 5. The third kappa shape index (κ3) is 2.84. The van der Waals surface area contributed by atoms with Crippen LogP contribution in [0.15, 0.2) is 41.2 Å². The van der Waals surface area contributed by atoms with Crippen molar-refractivity contribution in [3.05, 3.63) is 58.6 Å². The van der Waals surface area contributed by atoms with E-state index in [0.717, 1.165) is 29.8 Å². The van der Waals surface area contributed by atoms with Gasteiger partial charge in [-0.25, -0.2) is 15.0 Å². The zero-order valence-electron chi connectivity index (χ0n) is 15.1. The number of aromatic nitrogens is 4. The van der Waals surface area contributed by atoms with Crippen LogP contribution in [0, 0.1) is 6.92 Å². The van der Waals surface area contributed by atoms with Gasteiger partial charge >= 0.3 is 0 Å². The van der Waals surface area contributed by atoms with Crippen LogP contribution in [0.5, 0.6) is 5.75 Å². The zero-order valence-corrected chi connectivity index (χ0v) is 15.8. The lowest BCUT2D eigenvalue weighted by Crippen LogP contribution is -2.31. The second kappa shape index (κ2) is 6.45. The Balaban J connectivity index is 1.52. The molecule has 5 rings (SSSR count). The van der Waals surface area contributed by atoms with Crippen LogP contribution >= 0.6 is 11.6 Å². The summed E-state index contributed by atoms with van der Waals surface area (Å²) >= 11 is 6.01. The van der Waals surface area contributed by atoms with Crippen molar-refractivity contribution < 1.29 is 9.52 Å². The van der Waals surface area contributed by atoms with Crippen molar-refractivity contribution in [2.45, 2.75) is 19.9 Å². The molecule has 0 bridgehead atoms. The quantitative estimate of drug-likeness (QED) is 0.552. The van der Waals surface area contributed by atoms with E-state index >= 15 is 0 Å². The standard InChI is InChI=1S/C20H16ClN5O2/c1-11-6-13(21)7-16(27)18(11)15-2-3-17-19(24-15)25-20(28-17)26-5-4-14-12(9-26)8-22-10-23-14/h2-3,6-8,10,27H,4-5,9H2,1H3. The van der Waals surface area contributed by atoms with Crippen LogP contribution in [0.3, 0.4) is 0 Å². The summed E-state index contributed by atoms with van der Waals surface area (Å²) < 4.78 is 5.92. The fourth-order valence-electron chi connectivity index (χ4n) is 3.57. The molecule has 140 valence electrons. The van der Waals surface area contributed by atoms with Crippen LogP contribution < -0.4 is 4.90 Å². The SMILES string of the molecule is Cc1cc(Cl)cc(O)c1-c1ccc2oc(N3CCc4ncncc4C3)nc2n1. The van der Waals surface area contributed by atoms with Crippen molar-refractivity contribution in [1.82, 2.24) is 19.9 Å². The third-order valence-corrected chi connectivity index (χ3v) is 5.13. The van der Waals surface area contributed by atoms with E-state index in [0.29, 0.717) is 40.1 Å². The van der Waals surface area contributed by atoms with E-state index in [2.05, 4.69) is 24.8 Å². The Labute approximate surface area is 165 Å². The van der Waals surface area contributed by atoms with Crippen molar-refractivity contribution in [2.24, 2.45) is 0 Å². The van der Waals surface area contributed by atoms with Crippen LogP contribution in [0.2, 0.25) is 5.02 Å². The van der Waals surface area contributed by atoms with Gasteiger partial charge in [0.1, 0.15) is 12.1 Å². The molecule has 0 atom stereocenters. The number of hydrogen-bond acceptors (Lipinski definition) is 7. The van der Waals surface area contributed by atoms with Crippen molar-refractivity contribution in [3.63, 3.8) is 0 Å². The maximum absolute atomic E-state index is 10.3. The highest BCUT2D eigenvalue weighted by Crippen LogP contribution is 2.35. The predicted molar refractivity (Wildman–Crippen MR) is 105 cm³/mol. The third-order valence-electron chi connectivity index (χ3n) is 4.91. The smallest absolute Gasteiger partial charge is 0.300 e. The number of benzene rings is 1. The first kappa shape index (κ1) is 16.9. The molecule has 0 aliphatic carbocycles. The summed E-state index contributed by atoms with van der Waals surface area (Å²) in [6, 6.07) is 7.46. The lowest BCUT2D eigenvalue weighted by molar-refractivity contribution is 0.477. The molecule has 3 aromatic heterocycles. The molecule has 1 N–H and O–H groups in total. The van der Waals surface area contributed by atoms with Gasteiger partial charge in [0.2, 0.25) is 5.65 Å². The summed E-state index contributed by atoms with van der Waals surface area (Å²) in [6.07, 6.45) is 4.22. The van der Waals surface area contributed by atoms with Gasteiger partial charge in [-0.15, -0.1) is 0 Å². The molecule has 8 heteroatoms. The molecule has 7 nitrogen and oxygen atoms in total. The fraction of sp³-hybridized carbons (Fsp3) is 0.200. The number of fused-ring (bicyclic) bond motifs is 2. The van der Waals surface area contributed by atoms with Gasteiger partial charge in [0, 0.05) is 35.3 Å². The Kier molecular flexibility index (Phi) is 3.91. The van der Waals surface area contributed by atoms with Gasteiger partial charge in [0.05, 0.1) is 17.9 Å². The molecule has 4 heterocycles. The maximum atomic E-state index is 10.3. The summed E-state index contributed by atoms with van der Waals surface area (Å²) in [7, 11) is 0. The van der Waals surface area contributed by atoms with E-state index in [1.54, 1.807) is 12.4 Å². The first-order valence-corrected chi connectivity index (χ1v) is 9.26. The molecule has 0 unspecified atom stereocenters. The number of rotatable bonds is 2. The number of pyridine rings is 1. The molecule has 4 aromatic rings. The highest BCUT2D eigenvalue weighted by molar-refractivity contribution is 6.31. The summed E-state index contributed by atoms with van der Waals surface area (Å²) in [4.78, 5) is 19.6. The Morgan fingerprint density at radius 3 is 2.96 bits per heavy atom. The van der Waals surface area contributed by atoms with Gasteiger partial charge in [-0.2, -0.15) is 4.98 Å². The van der Waals surface area contributed by atoms with Crippen LogP contribution in [0.1, 0.15) is 16.8 Å². The zero-order chi connectivity index (χ0) is 19.3. The molecular formula is C20H16ClN5O2. The van der Waals surface area contributed by atoms with Crippen LogP contribution in [0.25, 0.3) is 22.5 Å². The summed E-state index contributed by atoms with van der Waals surface area (Å²) in [6.45, 7) is 3.29. The molecule has 0 saturated carbocycles. The second-order valence-corrected chi connectivity index (χ2v) is 7.23. The average molecular weight is 394 g/mol. The van der Waals surface area contributed by atoms with Crippen LogP contribution in [-0.2, 0) is 13.0 Å². The molecule has 1 aliphatic rings. The van der Waals surface area contributed by atoms with E-state index in [4.69, 9.17) is 16.0 Å². The molecule has 28 heavy (non-hydrogen) atoms. The highest BCUT2D eigenvalue weighted by Gasteiger charge is 2.22. The minimum atomic E-state index is 0.0909. The Morgan fingerprint density at radius 1 is 1.21 bits per heavy atom. The predicted octanol–water partition coefficient (Wildman–Crippen LogP) is 3.91.